The van der Waals surface area contributed by atoms with Crippen LogP contribution < -0.4 is 9.47 Å². The third kappa shape index (κ3) is 3.28. The Kier molecular flexibility index (Phi) is 5.03. The van der Waals surface area contributed by atoms with E-state index in [1.807, 2.05) is 30.0 Å². The number of aliphatic carboxylic acids is 1. The number of carboxylic acids is 1. The van der Waals surface area contributed by atoms with Crippen LogP contribution in [0.4, 0.5) is 0 Å². The van der Waals surface area contributed by atoms with Gasteiger partial charge in [-0.3, -0.25) is 9.69 Å². The first-order valence-electron chi connectivity index (χ1n) is 6.86. The molecule has 2 rings (SSSR count). The summed E-state index contributed by atoms with van der Waals surface area (Å²) < 4.78 is 15.9. The van der Waals surface area contributed by atoms with E-state index in [1.54, 1.807) is 14.2 Å². The predicted octanol–water partition coefficient (Wildman–Crippen LogP) is 1.55. The molecule has 1 aromatic carbocycles. The highest BCUT2D eigenvalue weighted by molar-refractivity contribution is 5.73. The van der Waals surface area contributed by atoms with Crippen molar-refractivity contribution in [2.75, 3.05) is 34.0 Å². The second-order valence-electron chi connectivity index (χ2n) is 4.95. The van der Waals surface area contributed by atoms with Gasteiger partial charge in [-0.1, -0.05) is 6.07 Å². The van der Waals surface area contributed by atoms with Gasteiger partial charge in [-0.15, -0.1) is 0 Å². The summed E-state index contributed by atoms with van der Waals surface area (Å²) in [5.41, 5.74) is 0.937. The number of nitrogens with zero attached hydrogens (tertiary/aromatic N) is 1. The maximum atomic E-state index is 11.4. The number of ether oxygens (including phenoxy) is 3. The topological polar surface area (TPSA) is 68.2 Å². The fraction of sp³-hybridized carbons (Fsp3) is 0.533. The van der Waals surface area contributed by atoms with Crippen LogP contribution in [0.1, 0.15) is 18.5 Å². The molecule has 0 spiro atoms. The van der Waals surface area contributed by atoms with E-state index >= 15 is 0 Å². The second-order valence-corrected chi connectivity index (χ2v) is 4.95. The molecule has 116 valence electrons. The first-order valence-corrected chi connectivity index (χ1v) is 6.86. The molecule has 2 unspecified atom stereocenters. The van der Waals surface area contributed by atoms with Crippen LogP contribution in [0.3, 0.4) is 0 Å². The molecule has 1 aromatic rings. The normalized spacial score (nSPS) is 20.8. The highest BCUT2D eigenvalue weighted by Gasteiger charge is 2.33. The lowest BCUT2D eigenvalue weighted by Gasteiger charge is -2.37. The van der Waals surface area contributed by atoms with Crippen LogP contribution in [-0.4, -0.2) is 56.0 Å². The Labute approximate surface area is 124 Å². The zero-order valence-corrected chi connectivity index (χ0v) is 12.5. The van der Waals surface area contributed by atoms with E-state index in [0.717, 1.165) is 5.56 Å². The molecule has 1 heterocycles. The van der Waals surface area contributed by atoms with Crippen LogP contribution in [0, 0.1) is 0 Å². The first-order chi connectivity index (χ1) is 10.1. The lowest BCUT2D eigenvalue weighted by Crippen LogP contribution is -2.50. The number of carbonyl (C=O) groups is 1. The van der Waals surface area contributed by atoms with Crippen LogP contribution in [0.25, 0.3) is 0 Å². The van der Waals surface area contributed by atoms with Gasteiger partial charge in [0.15, 0.2) is 0 Å². The number of rotatable bonds is 5. The fourth-order valence-corrected chi connectivity index (χ4v) is 2.64. The minimum Gasteiger partial charge on any atom is -0.497 e. The summed E-state index contributed by atoms with van der Waals surface area (Å²) in [5.74, 6) is 0.533. The molecule has 21 heavy (non-hydrogen) atoms. The lowest BCUT2D eigenvalue weighted by molar-refractivity contribution is -0.151. The van der Waals surface area contributed by atoms with Crippen LogP contribution in [0.2, 0.25) is 0 Å². The zero-order valence-electron chi connectivity index (χ0n) is 12.5. The molecule has 0 bridgehead atoms. The lowest BCUT2D eigenvalue weighted by atomic mass is 10.0. The van der Waals surface area contributed by atoms with Gasteiger partial charge in [-0.2, -0.15) is 0 Å². The Morgan fingerprint density at radius 1 is 1.43 bits per heavy atom. The Balaban J connectivity index is 2.29. The van der Waals surface area contributed by atoms with Crippen molar-refractivity contribution in [1.82, 2.24) is 4.90 Å². The minimum atomic E-state index is -0.867. The number of methoxy groups -OCH3 is 2. The molecule has 6 nitrogen and oxygen atoms in total. The van der Waals surface area contributed by atoms with Crippen LogP contribution >= 0.6 is 0 Å². The van der Waals surface area contributed by atoms with E-state index in [0.29, 0.717) is 24.7 Å². The van der Waals surface area contributed by atoms with Crippen molar-refractivity contribution in [2.45, 2.75) is 19.0 Å². The van der Waals surface area contributed by atoms with Gasteiger partial charge >= 0.3 is 5.97 Å². The molecule has 0 amide bonds. The van der Waals surface area contributed by atoms with E-state index in [4.69, 9.17) is 14.2 Å². The van der Waals surface area contributed by atoms with Crippen molar-refractivity contribution < 1.29 is 24.1 Å². The van der Waals surface area contributed by atoms with Gasteiger partial charge in [0.05, 0.1) is 27.4 Å². The summed E-state index contributed by atoms with van der Waals surface area (Å²) in [7, 11) is 3.19. The monoisotopic (exact) mass is 295 g/mol. The summed E-state index contributed by atoms with van der Waals surface area (Å²) in [5, 5.41) is 9.34. The number of benzene rings is 1. The molecule has 0 aromatic heterocycles. The molecular formula is C15H21NO5. The first kappa shape index (κ1) is 15.6. The molecule has 6 heteroatoms. The molecule has 1 fully saturated rings. The van der Waals surface area contributed by atoms with Crippen molar-refractivity contribution in [3.63, 3.8) is 0 Å². The van der Waals surface area contributed by atoms with Gasteiger partial charge in [0, 0.05) is 24.2 Å². The standard InChI is InChI=1S/C15H21NO5/c1-10(16-6-7-21-9-13(16)15(17)18)12-5-4-11(19-2)8-14(12)20-3/h4-5,8,10,13H,6-7,9H2,1-3H3,(H,17,18). The average molecular weight is 295 g/mol. The Morgan fingerprint density at radius 3 is 2.81 bits per heavy atom. The maximum absolute atomic E-state index is 11.4. The van der Waals surface area contributed by atoms with E-state index in [1.165, 1.54) is 0 Å². The van der Waals surface area contributed by atoms with Gasteiger partial charge in [-0.25, -0.2) is 0 Å². The molecule has 1 aliphatic rings. The summed E-state index contributed by atoms with van der Waals surface area (Å²) in [6, 6.07) is 4.85. The molecule has 1 saturated heterocycles. The smallest absolute Gasteiger partial charge is 0.323 e. The van der Waals surface area contributed by atoms with Crippen LogP contribution in [-0.2, 0) is 9.53 Å². The van der Waals surface area contributed by atoms with Gasteiger partial charge in [0.25, 0.3) is 0 Å². The van der Waals surface area contributed by atoms with Crippen molar-refractivity contribution in [3.05, 3.63) is 23.8 Å². The van der Waals surface area contributed by atoms with E-state index < -0.39 is 12.0 Å². The van der Waals surface area contributed by atoms with Crippen molar-refractivity contribution in [3.8, 4) is 11.5 Å². The third-order valence-electron chi connectivity index (χ3n) is 3.84. The average Bonchev–Trinajstić information content (AvgIpc) is 2.53. The summed E-state index contributed by atoms with van der Waals surface area (Å²) in [6.07, 6.45) is 0. The number of hydrogen-bond donors (Lipinski definition) is 1. The number of morpholine rings is 1. The Hall–Kier alpha value is -1.79. The largest absolute Gasteiger partial charge is 0.497 e. The van der Waals surface area contributed by atoms with E-state index in [9.17, 15) is 9.90 Å². The predicted molar refractivity (Wildman–Crippen MR) is 76.9 cm³/mol. The quantitative estimate of drug-likeness (QED) is 0.889. The van der Waals surface area contributed by atoms with E-state index in [-0.39, 0.29) is 12.6 Å². The van der Waals surface area contributed by atoms with Crippen LogP contribution in [0.15, 0.2) is 18.2 Å². The van der Waals surface area contributed by atoms with Gasteiger partial charge in [-0.05, 0) is 13.0 Å². The highest BCUT2D eigenvalue weighted by Crippen LogP contribution is 2.33. The minimum absolute atomic E-state index is 0.0872. The fourth-order valence-electron chi connectivity index (χ4n) is 2.64. The van der Waals surface area contributed by atoms with Crippen molar-refractivity contribution >= 4 is 5.97 Å². The maximum Gasteiger partial charge on any atom is 0.323 e. The summed E-state index contributed by atoms with van der Waals surface area (Å²) >= 11 is 0. The van der Waals surface area contributed by atoms with Crippen LogP contribution in [0.5, 0.6) is 11.5 Å². The summed E-state index contributed by atoms with van der Waals surface area (Å²) in [6.45, 7) is 3.30. The highest BCUT2D eigenvalue weighted by atomic mass is 16.5. The van der Waals surface area contributed by atoms with E-state index in [2.05, 4.69) is 0 Å². The SMILES string of the molecule is COc1ccc(C(C)N2CCOCC2C(=O)O)c(OC)c1. The molecule has 1 N–H and O–H groups in total. The van der Waals surface area contributed by atoms with Gasteiger partial charge < -0.3 is 19.3 Å². The Morgan fingerprint density at radius 2 is 2.19 bits per heavy atom. The van der Waals surface area contributed by atoms with Crippen molar-refractivity contribution in [1.29, 1.82) is 0 Å². The third-order valence-corrected chi connectivity index (χ3v) is 3.84. The summed E-state index contributed by atoms with van der Waals surface area (Å²) in [4.78, 5) is 13.3. The molecule has 0 aliphatic carbocycles. The molecule has 0 saturated carbocycles. The van der Waals surface area contributed by atoms with Crippen molar-refractivity contribution in [2.24, 2.45) is 0 Å². The molecule has 1 aliphatic heterocycles. The molecular weight excluding hydrogens is 274 g/mol. The van der Waals surface area contributed by atoms with Gasteiger partial charge in [0.2, 0.25) is 0 Å². The van der Waals surface area contributed by atoms with Gasteiger partial charge in [0.1, 0.15) is 17.5 Å². The second kappa shape index (κ2) is 6.78. The molecule has 2 atom stereocenters. The number of carboxylic acid groups (broad SMARTS) is 1. The zero-order chi connectivity index (χ0) is 15.4. The number of hydrogen-bond acceptors (Lipinski definition) is 5. The Bertz CT molecular complexity index is 505. The molecule has 0 radical (unpaired) electrons.